The molecule has 0 aliphatic heterocycles. The van der Waals surface area contributed by atoms with Crippen LogP contribution in [0.15, 0.2) is 84.9 Å². The maximum atomic E-state index is 13.2. The van der Waals surface area contributed by atoms with Crippen molar-refractivity contribution < 1.29 is 18.3 Å². The first-order valence-electron chi connectivity index (χ1n) is 9.35. The molecule has 0 spiro atoms. The molecule has 0 bridgehead atoms. The molecule has 0 radical (unpaired) electrons. The first-order valence-corrected chi connectivity index (χ1v) is 11.0. The van der Waals surface area contributed by atoms with Gasteiger partial charge in [-0.05, 0) is 28.8 Å². The predicted octanol–water partition coefficient (Wildman–Crippen LogP) is 3.76. The monoisotopic (exact) mass is 411 g/mol. The molecule has 0 fully saturated rings. The lowest BCUT2D eigenvalue weighted by atomic mass is 10.1. The highest BCUT2D eigenvalue weighted by atomic mass is 32.2. The summed E-state index contributed by atoms with van der Waals surface area (Å²) in [6.45, 7) is 0.147. The van der Waals surface area contributed by atoms with Gasteiger partial charge in [-0.2, -0.15) is 4.31 Å². The standard InChI is InChI=1S/C23H25NO4S/c1-28-22-14-8-13-21(15-22)23(25)17-24(16-19-9-4-2-5-10-19)29(26,27)18-20-11-6-3-7-12-20/h2-15,23,25H,16-18H2,1H3/t23-/m1/s1. The molecule has 152 valence electrons. The van der Waals surface area contributed by atoms with E-state index in [2.05, 4.69) is 0 Å². The van der Waals surface area contributed by atoms with Crippen molar-refractivity contribution in [1.82, 2.24) is 4.31 Å². The lowest BCUT2D eigenvalue weighted by Gasteiger charge is -2.25. The Balaban J connectivity index is 1.85. The van der Waals surface area contributed by atoms with Gasteiger partial charge in [0.2, 0.25) is 10.0 Å². The number of hydrogen-bond acceptors (Lipinski definition) is 4. The molecule has 29 heavy (non-hydrogen) atoms. The van der Waals surface area contributed by atoms with Gasteiger partial charge >= 0.3 is 0 Å². The Morgan fingerprint density at radius 3 is 2.14 bits per heavy atom. The Kier molecular flexibility index (Phi) is 7.04. The minimum absolute atomic E-state index is 0.0444. The third-order valence-corrected chi connectivity index (χ3v) is 6.41. The molecule has 0 aromatic heterocycles. The van der Waals surface area contributed by atoms with E-state index in [0.29, 0.717) is 16.9 Å². The van der Waals surface area contributed by atoms with Gasteiger partial charge in [0, 0.05) is 13.1 Å². The van der Waals surface area contributed by atoms with Crippen LogP contribution in [-0.2, 0) is 22.3 Å². The van der Waals surface area contributed by atoms with Crippen LogP contribution in [0.2, 0.25) is 0 Å². The van der Waals surface area contributed by atoms with E-state index in [4.69, 9.17) is 4.74 Å². The van der Waals surface area contributed by atoms with Crippen molar-refractivity contribution in [3.05, 3.63) is 102 Å². The molecule has 0 unspecified atom stereocenters. The minimum Gasteiger partial charge on any atom is -0.497 e. The zero-order chi connectivity index (χ0) is 20.7. The van der Waals surface area contributed by atoms with E-state index < -0.39 is 16.1 Å². The number of sulfonamides is 1. The van der Waals surface area contributed by atoms with Crippen molar-refractivity contribution in [1.29, 1.82) is 0 Å². The first-order chi connectivity index (χ1) is 14.0. The SMILES string of the molecule is COc1cccc([C@H](O)CN(Cc2ccccc2)S(=O)(=O)Cc2ccccc2)c1. The molecule has 0 aliphatic carbocycles. The predicted molar refractivity (Wildman–Crippen MR) is 114 cm³/mol. The van der Waals surface area contributed by atoms with E-state index in [9.17, 15) is 13.5 Å². The van der Waals surface area contributed by atoms with E-state index in [0.717, 1.165) is 5.56 Å². The second-order valence-corrected chi connectivity index (χ2v) is 8.78. The van der Waals surface area contributed by atoms with Crippen molar-refractivity contribution >= 4 is 10.0 Å². The zero-order valence-corrected chi connectivity index (χ0v) is 17.1. The summed E-state index contributed by atoms with van der Waals surface area (Å²) in [6.07, 6.45) is -0.973. The Morgan fingerprint density at radius 1 is 0.897 bits per heavy atom. The van der Waals surface area contributed by atoms with E-state index in [-0.39, 0.29) is 18.8 Å². The van der Waals surface area contributed by atoms with E-state index in [1.165, 1.54) is 4.31 Å². The Bertz CT molecular complexity index is 1010. The van der Waals surface area contributed by atoms with Gasteiger partial charge in [-0.1, -0.05) is 72.8 Å². The fraction of sp³-hybridized carbons (Fsp3) is 0.217. The van der Waals surface area contributed by atoms with Gasteiger partial charge < -0.3 is 9.84 Å². The van der Waals surface area contributed by atoms with Gasteiger partial charge in [0.05, 0.1) is 19.0 Å². The quantitative estimate of drug-likeness (QED) is 0.582. The van der Waals surface area contributed by atoms with Crippen LogP contribution in [0.4, 0.5) is 0 Å². The molecule has 0 saturated carbocycles. The number of ether oxygens (including phenoxy) is 1. The molecule has 3 aromatic carbocycles. The normalized spacial score (nSPS) is 12.7. The Labute approximate surface area is 172 Å². The molecule has 3 aromatic rings. The second kappa shape index (κ2) is 9.69. The summed E-state index contributed by atoms with van der Waals surface area (Å²) in [7, 11) is -2.10. The Hall–Kier alpha value is -2.67. The summed E-state index contributed by atoms with van der Waals surface area (Å²) in [4.78, 5) is 0. The average molecular weight is 412 g/mol. The molecule has 1 N–H and O–H groups in total. The van der Waals surface area contributed by atoms with Crippen LogP contribution in [-0.4, -0.2) is 31.5 Å². The van der Waals surface area contributed by atoms with E-state index in [1.54, 1.807) is 43.5 Å². The summed E-state index contributed by atoms with van der Waals surface area (Å²) < 4.78 is 32.9. The molecule has 6 heteroatoms. The second-order valence-electron chi connectivity index (χ2n) is 6.81. The number of methoxy groups -OCH3 is 1. The van der Waals surface area contributed by atoms with E-state index in [1.807, 2.05) is 48.5 Å². The van der Waals surface area contributed by atoms with Crippen LogP contribution < -0.4 is 4.74 Å². The van der Waals surface area contributed by atoms with Crippen molar-refractivity contribution in [3.8, 4) is 5.75 Å². The topological polar surface area (TPSA) is 66.8 Å². The van der Waals surface area contributed by atoms with Crippen LogP contribution >= 0.6 is 0 Å². The van der Waals surface area contributed by atoms with Crippen LogP contribution in [0.1, 0.15) is 22.8 Å². The largest absolute Gasteiger partial charge is 0.497 e. The number of hydrogen-bond donors (Lipinski definition) is 1. The number of rotatable bonds is 9. The van der Waals surface area contributed by atoms with Crippen molar-refractivity contribution in [2.45, 2.75) is 18.4 Å². The number of aliphatic hydroxyl groups excluding tert-OH is 1. The maximum absolute atomic E-state index is 13.2. The molecular formula is C23H25NO4S. The lowest BCUT2D eigenvalue weighted by molar-refractivity contribution is 0.145. The molecular weight excluding hydrogens is 386 g/mol. The van der Waals surface area contributed by atoms with Crippen LogP contribution in [0, 0.1) is 0 Å². The summed E-state index contributed by atoms with van der Waals surface area (Å²) in [5, 5.41) is 10.8. The van der Waals surface area contributed by atoms with Crippen molar-refractivity contribution in [2.24, 2.45) is 0 Å². The van der Waals surface area contributed by atoms with Gasteiger partial charge in [-0.3, -0.25) is 0 Å². The maximum Gasteiger partial charge on any atom is 0.218 e. The highest BCUT2D eigenvalue weighted by molar-refractivity contribution is 7.88. The van der Waals surface area contributed by atoms with Crippen LogP contribution in [0.5, 0.6) is 5.75 Å². The number of aliphatic hydroxyl groups is 1. The third kappa shape index (κ3) is 5.90. The smallest absolute Gasteiger partial charge is 0.218 e. The van der Waals surface area contributed by atoms with Gasteiger partial charge in [0.15, 0.2) is 0 Å². The van der Waals surface area contributed by atoms with Gasteiger partial charge in [-0.15, -0.1) is 0 Å². The minimum atomic E-state index is -3.65. The van der Waals surface area contributed by atoms with E-state index >= 15 is 0 Å². The number of benzene rings is 3. The summed E-state index contributed by atoms with van der Waals surface area (Å²) in [5.41, 5.74) is 2.18. The van der Waals surface area contributed by atoms with Gasteiger partial charge in [0.1, 0.15) is 5.75 Å². The lowest BCUT2D eigenvalue weighted by Crippen LogP contribution is -2.35. The first kappa shape index (κ1) is 21.0. The Morgan fingerprint density at radius 2 is 1.52 bits per heavy atom. The highest BCUT2D eigenvalue weighted by Crippen LogP contribution is 2.23. The fourth-order valence-corrected chi connectivity index (χ4v) is 4.60. The summed E-state index contributed by atoms with van der Waals surface area (Å²) in [5.74, 6) is 0.495. The molecule has 0 aliphatic rings. The molecule has 5 nitrogen and oxygen atoms in total. The zero-order valence-electron chi connectivity index (χ0n) is 16.3. The molecule has 0 amide bonds. The number of nitrogens with zero attached hydrogens (tertiary/aromatic N) is 1. The summed E-state index contributed by atoms with van der Waals surface area (Å²) >= 11 is 0. The molecule has 0 heterocycles. The van der Waals surface area contributed by atoms with Gasteiger partial charge in [-0.25, -0.2) is 8.42 Å². The summed E-state index contributed by atoms with van der Waals surface area (Å²) in [6, 6.07) is 25.5. The molecule has 0 saturated heterocycles. The third-order valence-electron chi connectivity index (χ3n) is 4.64. The fourth-order valence-electron chi connectivity index (χ4n) is 3.09. The molecule has 1 atom stereocenters. The molecule has 3 rings (SSSR count). The van der Waals surface area contributed by atoms with Crippen LogP contribution in [0.25, 0.3) is 0 Å². The van der Waals surface area contributed by atoms with Crippen molar-refractivity contribution in [3.63, 3.8) is 0 Å². The average Bonchev–Trinajstić information content (AvgIpc) is 2.74. The van der Waals surface area contributed by atoms with Gasteiger partial charge in [0.25, 0.3) is 0 Å². The highest BCUT2D eigenvalue weighted by Gasteiger charge is 2.26. The van der Waals surface area contributed by atoms with Crippen molar-refractivity contribution in [2.75, 3.05) is 13.7 Å². The van der Waals surface area contributed by atoms with Crippen LogP contribution in [0.3, 0.4) is 0 Å².